The highest BCUT2D eigenvalue weighted by atomic mass is 16.5. The molecule has 2 N–H and O–H groups in total. The number of hydrogen-bond donors (Lipinski definition) is 2. The van der Waals surface area contributed by atoms with E-state index >= 15 is 0 Å². The SMILES string of the molecule is COC(=O)CCC(C)C1CCC2C3C(O)C[C@@H]4C[C@H](C)CC[C@]4(C)C3C[C@H](O)[C@]12C. The topological polar surface area (TPSA) is 66.8 Å². The molecule has 0 radical (unpaired) electrons. The summed E-state index contributed by atoms with van der Waals surface area (Å²) in [7, 11) is 1.45. The zero-order chi connectivity index (χ0) is 21.8. The lowest BCUT2D eigenvalue weighted by Crippen LogP contribution is -2.62. The van der Waals surface area contributed by atoms with Crippen molar-refractivity contribution in [3.63, 3.8) is 0 Å². The standard InChI is InChI=1S/C26H44O4/c1-15-10-11-25(3)17(12-15)13-21(27)24-19-8-7-18(16(2)6-9-23(29)30-5)26(19,4)22(28)14-20(24)25/h15-22,24,27-28H,6-14H2,1-5H3/t15-,16?,17+,18?,19?,20?,21?,22+,24?,25+,26-/m1/s1. The number of hydrogen-bond acceptors (Lipinski definition) is 4. The quantitative estimate of drug-likeness (QED) is 0.640. The Morgan fingerprint density at radius 2 is 1.83 bits per heavy atom. The second-order valence-corrected chi connectivity index (χ2v) is 12.1. The van der Waals surface area contributed by atoms with Crippen LogP contribution >= 0.6 is 0 Å². The summed E-state index contributed by atoms with van der Waals surface area (Å²) in [4.78, 5) is 11.7. The summed E-state index contributed by atoms with van der Waals surface area (Å²) >= 11 is 0. The molecule has 0 aromatic carbocycles. The van der Waals surface area contributed by atoms with Gasteiger partial charge in [0.15, 0.2) is 0 Å². The molecule has 4 aliphatic rings. The van der Waals surface area contributed by atoms with Crippen LogP contribution in [0.25, 0.3) is 0 Å². The van der Waals surface area contributed by atoms with Gasteiger partial charge in [-0.2, -0.15) is 0 Å². The molecule has 172 valence electrons. The van der Waals surface area contributed by atoms with Gasteiger partial charge in [-0.05, 0) is 97.2 Å². The van der Waals surface area contributed by atoms with Gasteiger partial charge in [-0.1, -0.05) is 34.1 Å². The van der Waals surface area contributed by atoms with Crippen molar-refractivity contribution in [2.75, 3.05) is 7.11 Å². The molecular formula is C26H44O4. The largest absolute Gasteiger partial charge is 0.469 e. The fourth-order valence-electron chi connectivity index (χ4n) is 9.02. The average molecular weight is 421 g/mol. The van der Waals surface area contributed by atoms with Gasteiger partial charge < -0.3 is 14.9 Å². The van der Waals surface area contributed by atoms with Crippen LogP contribution in [0.4, 0.5) is 0 Å². The normalized spacial score (nSPS) is 51.4. The van der Waals surface area contributed by atoms with Crippen molar-refractivity contribution < 1.29 is 19.7 Å². The monoisotopic (exact) mass is 420 g/mol. The maximum absolute atomic E-state index is 11.7. The van der Waals surface area contributed by atoms with Crippen molar-refractivity contribution in [2.24, 2.45) is 52.3 Å². The second-order valence-electron chi connectivity index (χ2n) is 12.1. The van der Waals surface area contributed by atoms with Crippen LogP contribution < -0.4 is 0 Å². The Morgan fingerprint density at radius 3 is 2.53 bits per heavy atom. The van der Waals surface area contributed by atoms with Crippen LogP contribution in [0.2, 0.25) is 0 Å². The van der Waals surface area contributed by atoms with Crippen LogP contribution in [0.3, 0.4) is 0 Å². The van der Waals surface area contributed by atoms with Crippen molar-refractivity contribution >= 4 is 5.97 Å². The number of aliphatic hydroxyl groups excluding tert-OH is 2. The Morgan fingerprint density at radius 1 is 1.10 bits per heavy atom. The number of aliphatic hydroxyl groups is 2. The van der Waals surface area contributed by atoms with Crippen molar-refractivity contribution in [3.05, 3.63) is 0 Å². The van der Waals surface area contributed by atoms with E-state index in [0.29, 0.717) is 41.9 Å². The maximum Gasteiger partial charge on any atom is 0.305 e. The fourth-order valence-corrected chi connectivity index (χ4v) is 9.02. The molecule has 11 atom stereocenters. The molecule has 4 nitrogen and oxygen atoms in total. The van der Waals surface area contributed by atoms with Crippen LogP contribution in [-0.2, 0) is 9.53 Å². The van der Waals surface area contributed by atoms with Gasteiger partial charge in [-0.3, -0.25) is 4.79 Å². The predicted molar refractivity (Wildman–Crippen MR) is 118 cm³/mol. The molecule has 4 saturated carbocycles. The Labute approximate surface area is 183 Å². The summed E-state index contributed by atoms with van der Waals surface area (Å²) in [5.41, 5.74) is 0.121. The first-order valence-corrected chi connectivity index (χ1v) is 12.6. The summed E-state index contributed by atoms with van der Waals surface area (Å²) < 4.78 is 4.85. The highest BCUT2D eigenvalue weighted by Crippen LogP contribution is 2.68. The number of rotatable bonds is 4. The third kappa shape index (κ3) is 3.36. The molecule has 4 aliphatic carbocycles. The molecule has 0 bridgehead atoms. The van der Waals surface area contributed by atoms with E-state index in [2.05, 4.69) is 27.7 Å². The number of fused-ring (bicyclic) bond motifs is 5. The summed E-state index contributed by atoms with van der Waals surface area (Å²) in [5.74, 6) is 3.17. The fraction of sp³-hybridized carbons (Fsp3) is 0.962. The van der Waals surface area contributed by atoms with Crippen LogP contribution in [0.15, 0.2) is 0 Å². The lowest BCUT2D eigenvalue weighted by Gasteiger charge is -2.63. The van der Waals surface area contributed by atoms with E-state index in [-0.39, 0.29) is 29.0 Å². The van der Waals surface area contributed by atoms with Crippen LogP contribution in [0.5, 0.6) is 0 Å². The molecule has 0 aromatic rings. The number of carbonyl (C=O) groups excluding carboxylic acids is 1. The Balaban J connectivity index is 1.58. The molecule has 0 amide bonds. The highest BCUT2D eigenvalue weighted by molar-refractivity contribution is 5.69. The summed E-state index contributed by atoms with van der Waals surface area (Å²) in [6, 6.07) is 0. The molecule has 4 fully saturated rings. The van der Waals surface area contributed by atoms with E-state index in [9.17, 15) is 15.0 Å². The van der Waals surface area contributed by atoms with Gasteiger partial charge in [0.25, 0.3) is 0 Å². The Bertz CT molecular complexity index is 649. The van der Waals surface area contributed by atoms with E-state index < -0.39 is 0 Å². The minimum Gasteiger partial charge on any atom is -0.469 e. The van der Waals surface area contributed by atoms with Crippen LogP contribution in [0, 0.1) is 52.3 Å². The van der Waals surface area contributed by atoms with E-state index in [1.807, 2.05) is 0 Å². The van der Waals surface area contributed by atoms with Crippen molar-refractivity contribution in [1.29, 1.82) is 0 Å². The second kappa shape index (κ2) is 8.06. The lowest BCUT2D eigenvalue weighted by atomic mass is 9.42. The highest BCUT2D eigenvalue weighted by Gasteiger charge is 2.65. The number of methoxy groups -OCH3 is 1. The molecule has 0 spiro atoms. The molecule has 30 heavy (non-hydrogen) atoms. The van der Waals surface area contributed by atoms with E-state index in [1.165, 1.54) is 26.4 Å². The zero-order valence-electron chi connectivity index (χ0n) is 19.8. The molecule has 6 unspecified atom stereocenters. The first-order chi connectivity index (χ1) is 14.1. The lowest BCUT2D eigenvalue weighted by molar-refractivity contribution is -0.203. The average Bonchev–Trinajstić information content (AvgIpc) is 3.06. The minimum absolute atomic E-state index is 0.140. The van der Waals surface area contributed by atoms with Crippen molar-refractivity contribution in [2.45, 2.75) is 97.7 Å². The van der Waals surface area contributed by atoms with Gasteiger partial charge in [-0.25, -0.2) is 0 Å². The van der Waals surface area contributed by atoms with E-state index in [0.717, 1.165) is 38.0 Å². The number of esters is 1. The smallest absolute Gasteiger partial charge is 0.305 e. The van der Waals surface area contributed by atoms with Crippen LogP contribution in [0.1, 0.15) is 85.5 Å². The van der Waals surface area contributed by atoms with E-state index in [4.69, 9.17) is 4.74 Å². The molecular weight excluding hydrogens is 376 g/mol. The third-order valence-electron chi connectivity index (χ3n) is 10.8. The van der Waals surface area contributed by atoms with Gasteiger partial charge in [0, 0.05) is 6.42 Å². The zero-order valence-corrected chi connectivity index (χ0v) is 19.8. The minimum atomic E-state index is -0.307. The molecule has 4 heteroatoms. The Kier molecular flexibility index (Phi) is 6.07. The van der Waals surface area contributed by atoms with Gasteiger partial charge in [-0.15, -0.1) is 0 Å². The van der Waals surface area contributed by atoms with Gasteiger partial charge in [0.05, 0.1) is 19.3 Å². The number of ether oxygens (including phenoxy) is 1. The predicted octanol–water partition coefficient (Wildman–Crippen LogP) is 4.81. The molecule has 0 aromatic heterocycles. The van der Waals surface area contributed by atoms with Gasteiger partial charge in [0.1, 0.15) is 0 Å². The molecule has 4 rings (SSSR count). The first kappa shape index (κ1) is 22.6. The third-order valence-corrected chi connectivity index (χ3v) is 10.8. The van der Waals surface area contributed by atoms with Crippen molar-refractivity contribution in [3.8, 4) is 0 Å². The first-order valence-electron chi connectivity index (χ1n) is 12.6. The van der Waals surface area contributed by atoms with Crippen molar-refractivity contribution in [1.82, 2.24) is 0 Å². The van der Waals surface area contributed by atoms with Gasteiger partial charge >= 0.3 is 5.97 Å². The summed E-state index contributed by atoms with van der Waals surface area (Å²) in [5, 5.41) is 23.0. The summed E-state index contributed by atoms with van der Waals surface area (Å²) in [6.45, 7) is 9.39. The maximum atomic E-state index is 11.7. The van der Waals surface area contributed by atoms with Crippen LogP contribution in [-0.4, -0.2) is 35.5 Å². The van der Waals surface area contributed by atoms with E-state index in [1.54, 1.807) is 0 Å². The summed E-state index contributed by atoms with van der Waals surface area (Å²) in [6.07, 6.45) is 8.53. The Hall–Kier alpha value is -0.610. The number of carbonyl (C=O) groups is 1. The molecule has 0 heterocycles. The van der Waals surface area contributed by atoms with Gasteiger partial charge in [0.2, 0.25) is 0 Å². The molecule has 0 saturated heterocycles. The molecule has 0 aliphatic heterocycles.